The number of hydrogen-bond acceptors (Lipinski definition) is 7. The van der Waals surface area contributed by atoms with Crippen LogP contribution >= 0.6 is 22.7 Å². The highest BCUT2D eigenvalue weighted by molar-refractivity contribution is 7.17. The van der Waals surface area contributed by atoms with Gasteiger partial charge in [-0.15, -0.1) is 22.7 Å². The predicted molar refractivity (Wildman–Crippen MR) is 80.2 cm³/mol. The SMILES string of the molecule is O=C([O-])Cc1sc(NCc2ccco2)nc1-c1cccs1. The molecule has 3 heterocycles. The lowest BCUT2D eigenvalue weighted by molar-refractivity contribution is -0.304. The van der Waals surface area contributed by atoms with Crippen LogP contribution in [-0.2, 0) is 17.8 Å². The highest BCUT2D eigenvalue weighted by atomic mass is 32.1. The number of aliphatic carboxylic acids is 1. The first-order chi connectivity index (χ1) is 10.2. The van der Waals surface area contributed by atoms with Gasteiger partial charge in [-0.2, -0.15) is 0 Å². The van der Waals surface area contributed by atoms with Crippen LogP contribution < -0.4 is 10.4 Å². The number of nitrogens with one attached hydrogen (secondary N) is 1. The van der Waals surface area contributed by atoms with Gasteiger partial charge in [0.15, 0.2) is 5.13 Å². The minimum atomic E-state index is -1.10. The van der Waals surface area contributed by atoms with E-state index in [0.717, 1.165) is 10.6 Å². The molecule has 0 saturated carbocycles. The van der Waals surface area contributed by atoms with Crippen molar-refractivity contribution < 1.29 is 14.3 Å². The summed E-state index contributed by atoms with van der Waals surface area (Å²) in [6.45, 7) is 0.509. The normalized spacial score (nSPS) is 10.7. The second-order valence-electron chi connectivity index (χ2n) is 4.25. The number of thiazole rings is 1. The van der Waals surface area contributed by atoms with E-state index in [0.29, 0.717) is 22.2 Å². The largest absolute Gasteiger partial charge is 0.550 e. The third kappa shape index (κ3) is 3.32. The number of aromatic nitrogens is 1. The molecule has 0 aliphatic carbocycles. The van der Waals surface area contributed by atoms with Crippen LogP contribution in [0.5, 0.6) is 0 Å². The molecular weight excluding hydrogens is 308 g/mol. The predicted octanol–water partition coefficient (Wildman–Crippen LogP) is 2.37. The smallest absolute Gasteiger partial charge is 0.183 e. The summed E-state index contributed by atoms with van der Waals surface area (Å²) in [4.78, 5) is 17.0. The van der Waals surface area contributed by atoms with Crippen LogP contribution in [0.4, 0.5) is 5.13 Å². The van der Waals surface area contributed by atoms with Gasteiger partial charge in [0.1, 0.15) is 5.76 Å². The molecule has 0 bridgehead atoms. The van der Waals surface area contributed by atoms with E-state index >= 15 is 0 Å². The van der Waals surface area contributed by atoms with Gasteiger partial charge in [-0.25, -0.2) is 4.98 Å². The molecule has 0 saturated heterocycles. The summed E-state index contributed by atoms with van der Waals surface area (Å²) in [5.41, 5.74) is 0.709. The zero-order chi connectivity index (χ0) is 14.7. The molecule has 3 rings (SSSR count). The lowest BCUT2D eigenvalue weighted by Crippen LogP contribution is -2.24. The monoisotopic (exact) mass is 319 g/mol. The van der Waals surface area contributed by atoms with Gasteiger partial charge >= 0.3 is 0 Å². The maximum Gasteiger partial charge on any atom is 0.183 e. The van der Waals surface area contributed by atoms with Gasteiger partial charge in [0.2, 0.25) is 0 Å². The Kier molecular flexibility index (Phi) is 4.03. The minimum absolute atomic E-state index is 0.132. The number of furan rings is 1. The molecule has 21 heavy (non-hydrogen) atoms. The highest BCUT2D eigenvalue weighted by Crippen LogP contribution is 2.34. The fraction of sp³-hybridized carbons (Fsp3) is 0.143. The number of carbonyl (C=O) groups is 1. The number of rotatable bonds is 6. The Morgan fingerprint density at radius 2 is 2.29 bits per heavy atom. The summed E-state index contributed by atoms with van der Waals surface area (Å²) < 4.78 is 5.24. The second kappa shape index (κ2) is 6.11. The van der Waals surface area contributed by atoms with Crippen molar-refractivity contribution in [3.8, 4) is 10.6 Å². The molecule has 0 aromatic carbocycles. The van der Waals surface area contributed by atoms with Crippen molar-refractivity contribution in [2.24, 2.45) is 0 Å². The molecule has 0 spiro atoms. The minimum Gasteiger partial charge on any atom is -0.550 e. The van der Waals surface area contributed by atoms with Crippen LogP contribution in [0.15, 0.2) is 40.3 Å². The Hall–Kier alpha value is -2.12. The van der Waals surface area contributed by atoms with Crippen LogP contribution in [0.1, 0.15) is 10.6 Å². The van der Waals surface area contributed by atoms with E-state index in [-0.39, 0.29) is 6.42 Å². The van der Waals surface area contributed by atoms with E-state index in [1.54, 1.807) is 6.26 Å². The van der Waals surface area contributed by atoms with Crippen molar-refractivity contribution in [3.05, 3.63) is 46.5 Å². The molecule has 3 aromatic rings. The van der Waals surface area contributed by atoms with E-state index in [1.807, 2.05) is 29.6 Å². The first-order valence-electron chi connectivity index (χ1n) is 6.22. The lowest BCUT2D eigenvalue weighted by Gasteiger charge is -2.00. The summed E-state index contributed by atoms with van der Waals surface area (Å²) in [6.07, 6.45) is 1.48. The van der Waals surface area contributed by atoms with Crippen LogP contribution in [0.25, 0.3) is 10.6 Å². The Bertz CT molecular complexity index is 718. The molecule has 0 aliphatic rings. The fourth-order valence-corrected chi connectivity index (χ4v) is 3.62. The zero-order valence-electron chi connectivity index (χ0n) is 10.9. The number of carboxylic acid groups (broad SMARTS) is 1. The molecule has 0 unspecified atom stereocenters. The van der Waals surface area contributed by atoms with Gasteiger partial charge < -0.3 is 19.6 Å². The molecular formula is C14H11N2O3S2-. The van der Waals surface area contributed by atoms with E-state index in [2.05, 4.69) is 10.3 Å². The Labute approximate surface area is 128 Å². The average Bonchev–Trinajstić information content (AvgIpc) is 3.18. The average molecular weight is 319 g/mol. The second-order valence-corrected chi connectivity index (χ2v) is 6.28. The number of anilines is 1. The third-order valence-electron chi connectivity index (χ3n) is 2.75. The van der Waals surface area contributed by atoms with Crippen LogP contribution in [0.2, 0.25) is 0 Å². The zero-order valence-corrected chi connectivity index (χ0v) is 12.5. The maximum absolute atomic E-state index is 10.9. The molecule has 0 radical (unpaired) electrons. The number of hydrogen-bond donors (Lipinski definition) is 1. The van der Waals surface area contributed by atoms with Crippen molar-refractivity contribution in [1.82, 2.24) is 4.98 Å². The van der Waals surface area contributed by atoms with E-state index < -0.39 is 5.97 Å². The van der Waals surface area contributed by atoms with Gasteiger partial charge in [0.05, 0.1) is 23.4 Å². The molecule has 108 valence electrons. The Morgan fingerprint density at radius 1 is 1.38 bits per heavy atom. The van der Waals surface area contributed by atoms with Crippen molar-refractivity contribution in [1.29, 1.82) is 0 Å². The first kappa shape index (κ1) is 13.8. The third-order valence-corrected chi connectivity index (χ3v) is 4.64. The fourth-order valence-electron chi connectivity index (χ4n) is 1.86. The molecule has 0 aliphatic heterocycles. The van der Waals surface area contributed by atoms with E-state index in [4.69, 9.17) is 4.42 Å². The summed E-state index contributed by atoms with van der Waals surface area (Å²) >= 11 is 2.86. The quantitative estimate of drug-likeness (QED) is 0.754. The molecule has 0 amide bonds. The highest BCUT2D eigenvalue weighted by Gasteiger charge is 2.14. The first-order valence-corrected chi connectivity index (χ1v) is 7.91. The van der Waals surface area contributed by atoms with Gasteiger partial charge in [-0.05, 0) is 23.6 Å². The molecule has 3 aromatic heterocycles. The molecule has 7 heteroatoms. The van der Waals surface area contributed by atoms with Crippen molar-refractivity contribution in [2.75, 3.05) is 5.32 Å². The van der Waals surface area contributed by atoms with Crippen LogP contribution in [0, 0.1) is 0 Å². The number of carboxylic acids is 1. The van der Waals surface area contributed by atoms with Crippen molar-refractivity contribution in [2.45, 2.75) is 13.0 Å². The summed E-state index contributed by atoms with van der Waals surface area (Å²) in [6, 6.07) is 7.52. The van der Waals surface area contributed by atoms with Gasteiger partial charge in [-0.1, -0.05) is 6.07 Å². The number of thiophene rings is 1. The van der Waals surface area contributed by atoms with E-state index in [1.165, 1.54) is 22.7 Å². The van der Waals surface area contributed by atoms with Crippen LogP contribution in [0.3, 0.4) is 0 Å². The van der Waals surface area contributed by atoms with Crippen LogP contribution in [-0.4, -0.2) is 11.0 Å². The lowest BCUT2D eigenvalue weighted by atomic mass is 10.2. The molecule has 5 nitrogen and oxygen atoms in total. The molecule has 0 fully saturated rings. The van der Waals surface area contributed by atoms with Gasteiger partial charge in [-0.3, -0.25) is 0 Å². The molecule has 1 N–H and O–H groups in total. The summed E-state index contributed by atoms with van der Waals surface area (Å²) in [5, 5.41) is 16.6. The number of nitrogens with zero attached hydrogens (tertiary/aromatic N) is 1. The van der Waals surface area contributed by atoms with Crippen molar-refractivity contribution >= 4 is 33.8 Å². The number of carbonyl (C=O) groups excluding carboxylic acids is 1. The van der Waals surface area contributed by atoms with Gasteiger partial charge in [0, 0.05) is 17.3 Å². The van der Waals surface area contributed by atoms with Crippen molar-refractivity contribution in [3.63, 3.8) is 0 Å². The Morgan fingerprint density at radius 3 is 2.95 bits per heavy atom. The Balaban J connectivity index is 1.83. The standard InChI is InChI=1S/C14H12N2O3S2/c17-12(18)7-11-13(10-4-2-6-20-10)16-14(21-11)15-8-9-3-1-5-19-9/h1-6H,7-8H2,(H,15,16)(H,17,18)/p-1. The topological polar surface area (TPSA) is 78.2 Å². The van der Waals surface area contributed by atoms with E-state index in [9.17, 15) is 9.90 Å². The molecule has 0 atom stereocenters. The summed E-state index contributed by atoms with van der Waals surface area (Å²) in [5.74, 6) is -0.307. The maximum atomic E-state index is 10.9. The van der Waals surface area contributed by atoms with Gasteiger partial charge in [0.25, 0.3) is 0 Å². The summed E-state index contributed by atoms with van der Waals surface area (Å²) in [7, 11) is 0.